The zero-order valence-electron chi connectivity index (χ0n) is 6.18. The molecule has 0 aromatic rings. The molecule has 1 rings (SSSR count). The molecule has 1 fully saturated rings. The quantitative estimate of drug-likeness (QED) is 0.594. The molecule has 1 aliphatic heterocycles. The van der Waals surface area contributed by atoms with Crippen LogP contribution in [0.25, 0.3) is 0 Å². The molecule has 1 N–H and O–H groups in total. The fraction of sp³-hybridized carbons (Fsp3) is 1.00. The average molecular weight is 129 g/mol. The van der Waals surface area contributed by atoms with Gasteiger partial charge in [0.1, 0.15) is 0 Å². The van der Waals surface area contributed by atoms with Crippen LogP contribution in [0.5, 0.6) is 0 Å². The van der Waals surface area contributed by atoms with Crippen molar-refractivity contribution in [3.05, 3.63) is 0 Å². The molecular formula is C7H15NO. The van der Waals surface area contributed by atoms with Crippen LogP contribution in [-0.2, 0) is 4.74 Å². The molecule has 0 saturated carbocycles. The van der Waals surface area contributed by atoms with Crippen molar-refractivity contribution in [1.29, 1.82) is 0 Å². The molecule has 1 aliphatic rings. The van der Waals surface area contributed by atoms with Crippen molar-refractivity contribution in [1.82, 2.24) is 5.32 Å². The fourth-order valence-corrected chi connectivity index (χ4v) is 1.35. The van der Waals surface area contributed by atoms with E-state index in [1.807, 2.05) is 0 Å². The second-order valence-electron chi connectivity index (χ2n) is 2.80. The summed E-state index contributed by atoms with van der Waals surface area (Å²) < 4.78 is 5.01. The third kappa shape index (κ3) is 1.95. The summed E-state index contributed by atoms with van der Waals surface area (Å²) >= 11 is 0. The molecule has 0 aromatic heterocycles. The van der Waals surface area contributed by atoms with Gasteiger partial charge in [-0.25, -0.2) is 0 Å². The molecule has 2 heteroatoms. The number of ether oxygens (including phenoxy) is 1. The first kappa shape index (κ1) is 7.03. The molecule has 2 atom stereocenters. The van der Waals surface area contributed by atoms with E-state index in [1.165, 1.54) is 12.8 Å². The van der Waals surface area contributed by atoms with E-state index in [4.69, 9.17) is 4.74 Å². The molecular weight excluding hydrogens is 114 g/mol. The molecule has 1 heterocycles. The molecule has 2 nitrogen and oxygen atoms in total. The van der Waals surface area contributed by atoms with Gasteiger partial charge in [-0.1, -0.05) is 0 Å². The van der Waals surface area contributed by atoms with Crippen LogP contribution in [0.1, 0.15) is 19.8 Å². The van der Waals surface area contributed by atoms with E-state index in [9.17, 15) is 0 Å². The van der Waals surface area contributed by atoms with E-state index in [0.717, 1.165) is 6.61 Å². The van der Waals surface area contributed by atoms with Crippen LogP contribution in [0.15, 0.2) is 0 Å². The maximum Gasteiger partial charge on any atom is 0.0615 e. The van der Waals surface area contributed by atoms with Crippen molar-refractivity contribution in [2.24, 2.45) is 0 Å². The Morgan fingerprint density at radius 2 is 2.33 bits per heavy atom. The Labute approximate surface area is 56.6 Å². The van der Waals surface area contributed by atoms with Crippen LogP contribution in [0.4, 0.5) is 0 Å². The highest BCUT2D eigenvalue weighted by Crippen LogP contribution is 2.10. The highest BCUT2D eigenvalue weighted by Gasteiger charge is 2.18. The normalized spacial score (nSPS) is 35.3. The molecule has 0 aliphatic carbocycles. The van der Waals surface area contributed by atoms with Crippen molar-refractivity contribution in [2.45, 2.75) is 31.8 Å². The van der Waals surface area contributed by atoms with Gasteiger partial charge in [0.15, 0.2) is 0 Å². The van der Waals surface area contributed by atoms with Gasteiger partial charge in [-0.15, -0.1) is 0 Å². The van der Waals surface area contributed by atoms with Gasteiger partial charge >= 0.3 is 0 Å². The van der Waals surface area contributed by atoms with Crippen LogP contribution in [-0.4, -0.2) is 25.8 Å². The molecule has 1 saturated heterocycles. The van der Waals surface area contributed by atoms with Gasteiger partial charge in [0.2, 0.25) is 0 Å². The molecule has 0 radical (unpaired) electrons. The summed E-state index contributed by atoms with van der Waals surface area (Å²) in [6.07, 6.45) is 2.57. The third-order valence-electron chi connectivity index (χ3n) is 1.84. The van der Waals surface area contributed by atoms with Crippen LogP contribution < -0.4 is 5.32 Å². The smallest absolute Gasteiger partial charge is 0.0615 e. The Balaban J connectivity index is 2.14. The highest BCUT2D eigenvalue weighted by atomic mass is 16.5. The topological polar surface area (TPSA) is 21.3 Å². The minimum Gasteiger partial charge on any atom is -0.383 e. The molecule has 9 heavy (non-hydrogen) atoms. The number of hydrogen-bond donors (Lipinski definition) is 1. The van der Waals surface area contributed by atoms with Crippen molar-refractivity contribution < 1.29 is 4.74 Å². The second-order valence-corrected chi connectivity index (χ2v) is 2.80. The fourth-order valence-electron chi connectivity index (χ4n) is 1.35. The van der Waals surface area contributed by atoms with Gasteiger partial charge in [-0.3, -0.25) is 0 Å². The van der Waals surface area contributed by atoms with Crippen LogP contribution in [0, 0.1) is 0 Å². The lowest BCUT2D eigenvalue weighted by atomic mass is 10.2. The van der Waals surface area contributed by atoms with Gasteiger partial charge in [0, 0.05) is 19.2 Å². The molecule has 0 amide bonds. The molecule has 0 aromatic carbocycles. The van der Waals surface area contributed by atoms with Gasteiger partial charge in [0.05, 0.1) is 6.61 Å². The lowest BCUT2D eigenvalue weighted by molar-refractivity contribution is 0.172. The van der Waals surface area contributed by atoms with Crippen LogP contribution in [0.3, 0.4) is 0 Å². The number of methoxy groups -OCH3 is 1. The second kappa shape index (κ2) is 3.18. The van der Waals surface area contributed by atoms with Crippen LogP contribution in [0.2, 0.25) is 0 Å². The van der Waals surface area contributed by atoms with E-state index in [0.29, 0.717) is 12.1 Å². The van der Waals surface area contributed by atoms with Gasteiger partial charge in [0.25, 0.3) is 0 Å². The zero-order chi connectivity index (χ0) is 6.69. The monoisotopic (exact) mass is 129 g/mol. The Hall–Kier alpha value is -0.0800. The van der Waals surface area contributed by atoms with Crippen molar-refractivity contribution >= 4 is 0 Å². The van der Waals surface area contributed by atoms with E-state index in [2.05, 4.69) is 12.2 Å². The van der Waals surface area contributed by atoms with E-state index >= 15 is 0 Å². The van der Waals surface area contributed by atoms with Gasteiger partial charge < -0.3 is 10.1 Å². The van der Waals surface area contributed by atoms with Crippen molar-refractivity contribution in [3.63, 3.8) is 0 Å². The first-order valence-corrected chi connectivity index (χ1v) is 3.58. The summed E-state index contributed by atoms with van der Waals surface area (Å²) in [6.45, 7) is 3.08. The maximum atomic E-state index is 5.01. The third-order valence-corrected chi connectivity index (χ3v) is 1.84. The van der Waals surface area contributed by atoms with E-state index < -0.39 is 0 Å². The van der Waals surface area contributed by atoms with Crippen molar-refractivity contribution in [3.8, 4) is 0 Å². The summed E-state index contributed by atoms with van der Waals surface area (Å²) in [5, 5.41) is 3.43. The number of rotatable bonds is 2. The largest absolute Gasteiger partial charge is 0.383 e. The van der Waals surface area contributed by atoms with E-state index in [1.54, 1.807) is 7.11 Å². The first-order valence-electron chi connectivity index (χ1n) is 3.58. The standard InChI is InChI=1S/C7H15NO/c1-6-3-4-7(8-6)5-9-2/h6-8H,3-5H2,1-2H3/t6?,7-/m1/s1. The Morgan fingerprint density at radius 1 is 1.56 bits per heavy atom. The van der Waals surface area contributed by atoms with Crippen molar-refractivity contribution in [2.75, 3.05) is 13.7 Å². The molecule has 1 unspecified atom stereocenters. The first-order chi connectivity index (χ1) is 4.33. The average Bonchev–Trinajstić information content (AvgIpc) is 2.17. The Morgan fingerprint density at radius 3 is 2.78 bits per heavy atom. The summed E-state index contributed by atoms with van der Waals surface area (Å²) in [5.41, 5.74) is 0. The summed E-state index contributed by atoms with van der Waals surface area (Å²) in [6, 6.07) is 1.31. The molecule has 0 bridgehead atoms. The predicted octanol–water partition coefficient (Wildman–Crippen LogP) is 0.773. The summed E-state index contributed by atoms with van der Waals surface area (Å²) in [5.74, 6) is 0. The molecule has 54 valence electrons. The SMILES string of the molecule is COC[C@H]1CCC(C)N1. The minimum absolute atomic E-state index is 0.616. The maximum absolute atomic E-state index is 5.01. The number of nitrogens with one attached hydrogen (secondary N) is 1. The minimum atomic E-state index is 0.616. The predicted molar refractivity (Wildman–Crippen MR) is 37.5 cm³/mol. The van der Waals surface area contributed by atoms with Gasteiger partial charge in [-0.05, 0) is 19.8 Å². The number of hydrogen-bond acceptors (Lipinski definition) is 2. The lowest BCUT2D eigenvalue weighted by Gasteiger charge is -2.08. The van der Waals surface area contributed by atoms with Crippen LogP contribution >= 0.6 is 0 Å². The Bertz CT molecular complexity index is 83.0. The highest BCUT2D eigenvalue weighted by molar-refractivity contribution is 4.79. The zero-order valence-corrected chi connectivity index (χ0v) is 6.18. The molecule has 0 spiro atoms. The summed E-state index contributed by atoms with van der Waals surface area (Å²) in [7, 11) is 1.75. The van der Waals surface area contributed by atoms with Gasteiger partial charge in [-0.2, -0.15) is 0 Å². The Kier molecular flexibility index (Phi) is 2.49. The summed E-state index contributed by atoms with van der Waals surface area (Å²) in [4.78, 5) is 0. The lowest BCUT2D eigenvalue weighted by Crippen LogP contribution is -2.30. The van der Waals surface area contributed by atoms with E-state index in [-0.39, 0.29) is 0 Å².